The van der Waals surface area contributed by atoms with Gasteiger partial charge in [0.1, 0.15) is 5.52 Å². The SMILES string of the molecule is CS(=O)(=O)c1ccc(NC(=O)[C@@H]2CCCN(c3nccn4nc5c(c34)CCCC5)C2)cc1. The van der Waals surface area contributed by atoms with Gasteiger partial charge in [0.15, 0.2) is 15.7 Å². The third-order valence-electron chi connectivity index (χ3n) is 6.44. The van der Waals surface area contributed by atoms with Crippen LogP contribution in [-0.4, -0.2) is 48.3 Å². The summed E-state index contributed by atoms with van der Waals surface area (Å²) < 4.78 is 25.2. The lowest BCUT2D eigenvalue weighted by molar-refractivity contribution is -0.120. The van der Waals surface area contributed by atoms with Crippen LogP contribution < -0.4 is 10.2 Å². The Balaban J connectivity index is 1.35. The molecule has 1 aliphatic heterocycles. The van der Waals surface area contributed by atoms with Crippen LogP contribution in [0.3, 0.4) is 0 Å². The second-order valence-corrected chi connectivity index (χ2v) is 10.8. The topological polar surface area (TPSA) is 96.7 Å². The Morgan fingerprint density at radius 2 is 1.91 bits per heavy atom. The molecule has 3 heterocycles. The number of rotatable bonds is 4. The Bertz CT molecular complexity index is 1270. The summed E-state index contributed by atoms with van der Waals surface area (Å²) in [6.45, 7) is 1.46. The molecule has 0 spiro atoms. The summed E-state index contributed by atoms with van der Waals surface area (Å²) in [4.78, 5) is 20.1. The zero-order valence-corrected chi connectivity index (χ0v) is 18.9. The van der Waals surface area contributed by atoms with Gasteiger partial charge in [0.2, 0.25) is 5.91 Å². The highest BCUT2D eigenvalue weighted by Crippen LogP contribution is 2.32. The lowest BCUT2D eigenvalue weighted by atomic mass is 9.95. The van der Waals surface area contributed by atoms with Crippen LogP contribution in [0.5, 0.6) is 0 Å². The van der Waals surface area contributed by atoms with Crippen LogP contribution in [-0.2, 0) is 27.5 Å². The summed E-state index contributed by atoms with van der Waals surface area (Å²) >= 11 is 0. The van der Waals surface area contributed by atoms with Gasteiger partial charge in [-0.15, -0.1) is 0 Å². The summed E-state index contributed by atoms with van der Waals surface area (Å²) in [5, 5.41) is 7.72. The molecule has 1 saturated heterocycles. The molecule has 1 aliphatic carbocycles. The van der Waals surface area contributed by atoms with Gasteiger partial charge in [0.05, 0.1) is 16.5 Å². The van der Waals surface area contributed by atoms with Crippen molar-refractivity contribution in [3.8, 4) is 0 Å². The van der Waals surface area contributed by atoms with Crippen molar-refractivity contribution >= 4 is 32.8 Å². The zero-order chi connectivity index (χ0) is 22.3. The summed E-state index contributed by atoms with van der Waals surface area (Å²) in [7, 11) is -3.26. The van der Waals surface area contributed by atoms with Crippen LogP contribution in [0, 0.1) is 5.92 Å². The van der Waals surface area contributed by atoms with E-state index in [0.717, 1.165) is 43.6 Å². The first-order chi connectivity index (χ1) is 15.4. The Morgan fingerprint density at radius 1 is 1.12 bits per heavy atom. The van der Waals surface area contributed by atoms with Crippen LogP contribution in [0.25, 0.3) is 5.52 Å². The van der Waals surface area contributed by atoms with Crippen LogP contribution >= 0.6 is 0 Å². The van der Waals surface area contributed by atoms with E-state index in [4.69, 9.17) is 10.1 Å². The number of hydrogen-bond acceptors (Lipinski definition) is 6. The predicted octanol–water partition coefficient (Wildman–Crippen LogP) is 2.87. The summed E-state index contributed by atoms with van der Waals surface area (Å²) in [6.07, 6.45) is 11.0. The van der Waals surface area contributed by atoms with Crippen molar-refractivity contribution in [2.24, 2.45) is 5.92 Å². The van der Waals surface area contributed by atoms with Crippen molar-refractivity contribution < 1.29 is 13.2 Å². The molecule has 1 fully saturated rings. The van der Waals surface area contributed by atoms with E-state index in [1.165, 1.54) is 42.5 Å². The normalized spacial score (nSPS) is 19.0. The van der Waals surface area contributed by atoms with E-state index in [9.17, 15) is 13.2 Å². The number of carbonyl (C=O) groups is 1. The number of amides is 1. The van der Waals surface area contributed by atoms with Gasteiger partial charge in [0.25, 0.3) is 0 Å². The van der Waals surface area contributed by atoms with E-state index in [0.29, 0.717) is 12.2 Å². The molecule has 1 atom stereocenters. The van der Waals surface area contributed by atoms with E-state index >= 15 is 0 Å². The summed E-state index contributed by atoms with van der Waals surface area (Å²) in [5.41, 5.74) is 4.16. The smallest absolute Gasteiger partial charge is 0.229 e. The molecular weight excluding hydrogens is 426 g/mol. The predicted molar refractivity (Wildman–Crippen MR) is 123 cm³/mol. The lowest BCUT2D eigenvalue weighted by Crippen LogP contribution is -2.41. The number of fused-ring (bicyclic) bond motifs is 3. The molecule has 3 aromatic rings. The first-order valence-electron chi connectivity index (χ1n) is 11.1. The monoisotopic (exact) mass is 453 g/mol. The number of aryl methyl sites for hydroxylation is 2. The Hall–Kier alpha value is -2.94. The second-order valence-electron chi connectivity index (χ2n) is 8.75. The molecule has 168 valence electrons. The molecule has 8 nitrogen and oxygen atoms in total. The fraction of sp³-hybridized carbons (Fsp3) is 0.435. The van der Waals surface area contributed by atoms with Gasteiger partial charge in [-0.2, -0.15) is 5.10 Å². The maximum absolute atomic E-state index is 13.0. The molecule has 9 heteroatoms. The van der Waals surface area contributed by atoms with Crippen LogP contribution in [0.15, 0.2) is 41.6 Å². The fourth-order valence-corrected chi connectivity index (χ4v) is 5.42. The van der Waals surface area contributed by atoms with E-state index in [1.807, 2.05) is 10.7 Å². The highest BCUT2D eigenvalue weighted by Gasteiger charge is 2.29. The highest BCUT2D eigenvalue weighted by atomic mass is 32.2. The van der Waals surface area contributed by atoms with Gasteiger partial charge in [-0.3, -0.25) is 4.79 Å². The Labute approximate surface area is 187 Å². The molecule has 0 saturated carbocycles. The van der Waals surface area contributed by atoms with Crippen molar-refractivity contribution in [2.75, 3.05) is 29.6 Å². The Kier molecular flexibility index (Phi) is 5.36. The average Bonchev–Trinajstić information content (AvgIpc) is 3.18. The highest BCUT2D eigenvalue weighted by molar-refractivity contribution is 7.90. The van der Waals surface area contributed by atoms with Crippen molar-refractivity contribution in [3.05, 3.63) is 47.9 Å². The van der Waals surface area contributed by atoms with Crippen LogP contribution in [0.4, 0.5) is 11.5 Å². The summed E-state index contributed by atoms with van der Waals surface area (Å²) in [5.74, 6) is 0.696. The second kappa shape index (κ2) is 8.20. The fourth-order valence-electron chi connectivity index (χ4n) is 4.79. The quantitative estimate of drug-likeness (QED) is 0.653. The Morgan fingerprint density at radius 3 is 2.69 bits per heavy atom. The first kappa shape index (κ1) is 20.9. The lowest BCUT2D eigenvalue weighted by Gasteiger charge is -2.33. The van der Waals surface area contributed by atoms with Crippen molar-refractivity contribution in [1.29, 1.82) is 0 Å². The van der Waals surface area contributed by atoms with Crippen molar-refractivity contribution in [3.63, 3.8) is 0 Å². The van der Waals surface area contributed by atoms with Crippen molar-refractivity contribution in [2.45, 2.75) is 43.4 Å². The molecule has 2 aliphatic rings. The minimum atomic E-state index is -3.26. The third kappa shape index (κ3) is 3.97. The number of aromatic nitrogens is 3. The number of carbonyl (C=O) groups excluding carboxylic acids is 1. The molecule has 0 bridgehead atoms. The number of sulfone groups is 1. The summed E-state index contributed by atoms with van der Waals surface area (Å²) in [6, 6.07) is 6.31. The largest absolute Gasteiger partial charge is 0.354 e. The number of piperidine rings is 1. The minimum Gasteiger partial charge on any atom is -0.354 e. The maximum Gasteiger partial charge on any atom is 0.229 e. The number of nitrogens with one attached hydrogen (secondary N) is 1. The van der Waals surface area contributed by atoms with E-state index in [2.05, 4.69) is 10.2 Å². The molecule has 1 amide bonds. The average molecular weight is 454 g/mol. The van der Waals surface area contributed by atoms with E-state index < -0.39 is 9.84 Å². The molecular formula is C23H27N5O3S. The standard InChI is InChI=1S/C23H27N5O3S/c1-32(30,31)18-10-8-17(9-11-18)25-23(29)16-5-4-13-27(15-16)22-21-19-6-2-3-7-20(19)26-28(21)14-12-24-22/h8-12,14,16H,2-7,13,15H2,1H3,(H,25,29)/t16-/m1/s1. The molecule has 5 rings (SSSR count). The van der Waals surface area contributed by atoms with Gasteiger partial charge < -0.3 is 10.2 Å². The van der Waals surface area contributed by atoms with E-state index in [1.54, 1.807) is 18.3 Å². The van der Waals surface area contributed by atoms with Gasteiger partial charge in [-0.1, -0.05) is 0 Å². The molecule has 1 N–H and O–H groups in total. The molecule has 0 unspecified atom stereocenters. The van der Waals surface area contributed by atoms with Gasteiger partial charge >= 0.3 is 0 Å². The number of hydrogen-bond donors (Lipinski definition) is 1. The molecule has 2 aromatic heterocycles. The molecule has 32 heavy (non-hydrogen) atoms. The third-order valence-corrected chi connectivity index (χ3v) is 7.57. The van der Waals surface area contributed by atoms with Crippen LogP contribution in [0.1, 0.15) is 36.9 Å². The maximum atomic E-state index is 13.0. The van der Waals surface area contributed by atoms with Gasteiger partial charge in [0, 0.05) is 43.0 Å². The van der Waals surface area contributed by atoms with Crippen LogP contribution in [0.2, 0.25) is 0 Å². The molecule has 1 aromatic carbocycles. The minimum absolute atomic E-state index is 0.0516. The first-order valence-corrected chi connectivity index (χ1v) is 13.0. The van der Waals surface area contributed by atoms with Gasteiger partial charge in [-0.05, 0) is 62.8 Å². The number of anilines is 2. The van der Waals surface area contributed by atoms with Gasteiger partial charge in [-0.25, -0.2) is 17.9 Å². The van der Waals surface area contributed by atoms with E-state index in [-0.39, 0.29) is 16.7 Å². The number of benzene rings is 1. The zero-order valence-electron chi connectivity index (χ0n) is 18.1. The van der Waals surface area contributed by atoms with Crippen molar-refractivity contribution in [1.82, 2.24) is 14.6 Å². The number of nitrogens with zero attached hydrogens (tertiary/aromatic N) is 4. The molecule has 0 radical (unpaired) electrons.